The average Bonchev–Trinajstić information content (AvgIpc) is 2.19. The highest BCUT2D eigenvalue weighted by Gasteiger charge is 2.21. The zero-order valence-electron chi connectivity index (χ0n) is 10.7. The summed E-state index contributed by atoms with van der Waals surface area (Å²) in [5.74, 6) is 0.869. The Bertz CT molecular complexity index is 367. The van der Waals surface area contributed by atoms with E-state index in [0.717, 1.165) is 22.4 Å². The molecule has 0 amide bonds. The number of hydrogen-bond donors (Lipinski definition) is 2. The largest absolute Gasteiger partial charge is 0.496 e. The summed E-state index contributed by atoms with van der Waals surface area (Å²) in [5.41, 5.74) is 5.52. The van der Waals surface area contributed by atoms with Crippen LogP contribution in [0, 0.1) is 6.92 Å². The van der Waals surface area contributed by atoms with Gasteiger partial charge in [0.15, 0.2) is 0 Å². The van der Waals surface area contributed by atoms with Crippen molar-refractivity contribution >= 4 is 0 Å². The van der Waals surface area contributed by atoms with Gasteiger partial charge in [-0.1, -0.05) is 32.9 Å². The summed E-state index contributed by atoms with van der Waals surface area (Å²) in [6.45, 7) is 8.86. The lowest BCUT2D eigenvalue weighted by molar-refractivity contribution is 0.159. The standard InChI is InChI=1S/C13H21NO2/c1-9-6-7-11(13(2,3)4)12(16-5)10(9)8-14-15/h6-7,14-15H,8H2,1-5H3. The minimum absolute atomic E-state index is 0.0310. The molecular formula is C13H21NO2. The molecule has 0 atom stereocenters. The van der Waals surface area contributed by atoms with Crippen molar-refractivity contribution in [2.24, 2.45) is 0 Å². The van der Waals surface area contributed by atoms with Gasteiger partial charge in [-0.25, -0.2) is 5.48 Å². The van der Waals surface area contributed by atoms with Crippen LogP contribution in [0.3, 0.4) is 0 Å². The van der Waals surface area contributed by atoms with Crippen molar-refractivity contribution in [1.82, 2.24) is 5.48 Å². The van der Waals surface area contributed by atoms with Crippen LogP contribution in [0.25, 0.3) is 0 Å². The van der Waals surface area contributed by atoms with E-state index >= 15 is 0 Å². The van der Waals surface area contributed by atoms with Crippen LogP contribution >= 0.6 is 0 Å². The van der Waals surface area contributed by atoms with Crippen LogP contribution in [0.15, 0.2) is 12.1 Å². The zero-order chi connectivity index (χ0) is 12.3. The van der Waals surface area contributed by atoms with Gasteiger partial charge < -0.3 is 9.94 Å². The molecule has 3 nitrogen and oxygen atoms in total. The van der Waals surface area contributed by atoms with Crippen LogP contribution in [0.4, 0.5) is 0 Å². The molecule has 0 aromatic heterocycles. The van der Waals surface area contributed by atoms with Crippen molar-refractivity contribution in [1.29, 1.82) is 0 Å². The molecule has 0 saturated heterocycles. The number of hydrogen-bond acceptors (Lipinski definition) is 3. The molecule has 1 aromatic carbocycles. The number of nitrogens with one attached hydrogen (secondary N) is 1. The lowest BCUT2D eigenvalue weighted by atomic mass is 9.84. The van der Waals surface area contributed by atoms with E-state index < -0.39 is 0 Å². The highest BCUT2D eigenvalue weighted by atomic mass is 16.5. The van der Waals surface area contributed by atoms with Crippen molar-refractivity contribution in [3.63, 3.8) is 0 Å². The van der Waals surface area contributed by atoms with Gasteiger partial charge in [-0.3, -0.25) is 0 Å². The molecule has 1 rings (SSSR count). The van der Waals surface area contributed by atoms with Gasteiger partial charge >= 0.3 is 0 Å². The third kappa shape index (κ3) is 2.54. The number of rotatable bonds is 3. The molecule has 16 heavy (non-hydrogen) atoms. The minimum atomic E-state index is 0.0310. The predicted molar refractivity (Wildman–Crippen MR) is 65.1 cm³/mol. The second-order valence-corrected chi connectivity index (χ2v) is 5.03. The summed E-state index contributed by atoms with van der Waals surface area (Å²) in [4.78, 5) is 0. The summed E-state index contributed by atoms with van der Waals surface area (Å²) in [7, 11) is 1.67. The summed E-state index contributed by atoms with van der Waals surface area (Å²) < 4.78 is 5.49. The van der Waals surface area contributed by atoms with Gasteiger partial charge in [0.1, 0.15) is 5.75 Å². The van der Waals surface area contributed by atoms with E-state index in [4.69, 9.17) is 9.94 Å². The molecule has 0 saturated carbocycles. The third-order valence-electron chi connectivity index (χ3n) is 2.76. The Kier molecular flexibility index (Phi) is 3.94. The average molecular weight is 223 g/mol. The van der Waals surface area contributed by atoms with Crippen LogP contribution in [-0.2, 0) is 12.0 Å². The summed E-state index contributed by atoms with van der Waals surface area (Å²) in [6, 6.07) is 4.16. The lowest BCUT2D eigenvalue weighted by Crippen LogP contribution is -2.16. The fourth-order valence-electron chi connectivity index (χ4n) is 1.85. The molecule has 1 aromatic rings. The molecule has 0 heterocycles. The maximum absolute atomic E-state index is 8.85. The topological polar surface area (TPSA) is 41.5 Å². The molecule has 0 aliphatic carbocycles. The maximum atomic E-state index is 8.85. The van der Waals surface area contributed by atoms with Crippen molar-refractivity contribution < 1.29 is 9.94 Å². The van der Waals surface area contributed by atoms with E-state index in [1.807, 2.05) is 6.92 Å². The summed E-state index contributed by atoms with van der Waals surface area (Å²) in [5, 5.41) is 8.85. The highest BCUT2D eigenvalue weighted by molar-refractivity contribution is 5.48. The fraction of sp³-hybridized carbons (Fsp3) is 0.538. The molecule has 0 unspecified atom stereocenters. The van der Waals surface area contributed by atoms with Crippen LogP contribution in [0.2, 0.25) is 0 Å². The van der Waals surface area contributed by atoms with Gasteiger partial charge in [-0.15, -0.1) is 0 Å². The summed E-state index contributed by atoms with van der Waals surface area (Å²) in [6.07, 6.45) is 0. The smallest absolute Gasteiger partial charge is 0.127 e. The van der Waals surface area contributed by atoms with Crippen LogP contribution < -0.4 is 10.2 Å². The fourth-order valence-corrected chi connectivity index (χ4v) is 1.85. The van der Waals surface area contributed by atoms with Crippen LogP contribution in [0.1, 0.15) is 37.5 Å². The first-order valence-corrected chi connectivity index (χ1v) is 5.45. The number of hydroxylamine groups is 1. The first-order chi connectivity index (χ1) is 7.41. The molecule has 2 N–H and O–H groups in total. The Balaban J connectivity index is 3.37. The molecule has 0 aliphatic rings. The van der Waals surface area contributed by atoms with E-state index in [-0.39, 0.29) is 5.41 Å². The van der Waals surface area contributed by atoms with E-state index in [1.165, 1.54) is 0 Å². The van der Waals surface area contributed by atoms with Crippen LogP contribution in [0.5, 0.6) is 5.75 Å². The molecule has 3 heteroatoms. The SMILES string of the molecule is COc1c(C(C)(C)C)ccc(C)c1CNO. The molecule has 0 spiro atoms. The van der Waals surface area contributed by atoms with E-state index in [0.29, 0.717) is 6.54 Å². The first-order valence-electron chi connectivity index (χ1n) is 5.45. The molecule has 0 bridgehead atoms. The Morgan fingerprint density at radius 2 is 1.94 bits per heavy atom. The highest BCUT2D eigenvalue weighted by Crippen LogP contribution is 2.35. The van der Waals surface area contributed by atoms with E-state index in [9.17, 15) is 0 Å². The monoisotopic (exact) mass is 223 g/mol. The second-order valence-electron chi connectivity index (χ2n) is 5.03. The lowest BCUT2D eigenvalue weighted by Gasteiger charge is -2.24. The molecular weight excluding hydrogens is 202 g/mol. The Morgan fingerprint density at radius 3 is 2.38 bits per heavy atom. The van der Waals surface area contributed by atoms with Crippen molar-refractivity contribution in [3.8, 4) is 5.75 Å². The van der Waals surface area contributed by atoms with E-state index in [2.05, 4.69) is 38.4 Å². The quantitative estimate of drug-likeness (QED) is 0.774. The third-order valence-corrected chi connectivity index (χ3v) is 2.76. The molecule has 0 aliphatic heterocycles. The van der Waals surface area contributed by atoms with Crippen LogP contribution in [-0.4, -0.2) is 12.3 Å². The van der Waals surface area contributed by atoms with Crippen molar-refractivity contribution in [3.05, 3.63) is 28.8 Å². The molecule has 0 radical (unpaired) electrons. The van der Waals surface area contributed by atoms with Crippen molar-refractivity contribution in [2.75, 3.05) is 7.11 Å². The second kappa shape index (κ2) is 4.85. The van der Waals surface area contributed by atoms with Gasteiger partial charge in [0.05, 0.1) is 7.11 Å². The van der Waals surface area contributed by atoms with Crippen molar-refractivity contribution in [2.45, 2.75) is 39.7 Å². The van der Waals surface area contributed by atoms with Gasteiger partial charge in [0, 0.05) is 12.1 Å². The zero-order valence-corrected chi connectivity index (χ0v) is 10.7. The number of aryl methyl sites for hydroxylation is 1. The number of methoxy groups -OCH3 is 1. The maximum Gasteiger partial charge on any atom is 0.127 e. The van der Waals surface area contributed by atoms with Gasteiger partial charge in [-0.2, -0.15) is 0 Å². The Morgan fingerprint density at radius 1 is 1.31 bits per heavy atom. The van der Waals surface area contributed by atoms with Gasteiger partial charge in [0.25, 0.3) is 0 Å². The normalized spacial score (nSPS) is 11.6. The first kappa shape index (κ1) is 13.0. The number of ether oxygens (including phenoxy) is 1. The van der Waals surface area contributed by atoms with Gasteiger partial charge in [-0.05, 0) is 23.5 Å². The minimum Gasteiger partial charge on any atom is -0.496 e. The molecule has 90 valence electrons. The number of benzene rings is 1. The van der Waals surface area contributed by atoms with E-state index in [1.54, 1.807) is 7.11 Å². The Labute approximate surface area is 97.4 Å². The predicted octanol–water partition coefficient (Wildman–Crippen LogP) is 2.78. The van der Waals surface area contributed by atoms with Gasteiger partial charge in [0.2, 0.25) is 0 Å². The summed E-state index contributed by atoms with van der Waals surface area (Å²) >= 11 is 0. The molecule has 0 fully saturated rings. The Hall–Kier alpha value is -1.06.